The highest BCUT2D eigenvalue weighted by Crippen LogP contribution is 2.28. The Kier molecular flexibility index (Phi) is 6.29. The Labute approximate surface area is 160 Å². The maximum Gasteiger partial charge on any atom is 0.337 e. The number of esters is 1. The minimum atomic E-state index is -0.316. The van der Waals surface area contributed by atoms with Gasteiger partial charge in [0.15, 0.2) is 0 Å². The number of nitrogens with zero attached hydrogens (tertiary/aromatic N) is 3. The van der Waals surface area contributed by atoms with E-state index >= 15 is 0 Å². The number of allylic oxidation sites excluding steroid dienone is 1. The van der Waals surface area contributed by atoms with E-state index in [2.05, 4.69) is 22.8 Å². The van der Waals surface area contributed by atoms with Crippen molar-refractivity contribution in [3.8, 4) is 5.75 Å². The molecule has 0 amide bonds. The molecule has 27 heavy (non-hydrogen) atoms. The van der Waals surface area contributed by atoms with Crippen LogP contribution in [0.2, 0.25) is 0 Å². The monoisotopic (exact) mass is 369 g/mol. The average molecular weight is 369 g/mol. The molecule has 144 valence electrons. The number of likely N-dealkylation sites (tertiary alicyclic amines) is 1. The van der Waals surface area contributed by atoms with Crippen molar-refractivity contribution in [1.82, 2.24) is 14.7 Å². The Morgan fingerprint density at radius 1 is 1.41 bits per heavy atom. The van der Waals surface area contributed by atoms with Gasteiger partial charge in [0.2, 0.25) is 0 Å². The molecule has 6 nitrogen and oxygen atoms in total. The minimum absolute atomic E-state index is 0.316. The molecule has 0 N–H and O–H groups in total. The number of benzene rings is 1. The molecule has 2 aromatic rings. The minimum Gasteiger partial charge on any atom is -0.496 e. The number of hydrogen-bond donors (Lipinski definition) is 0. The van der Waals surface area contributed by atoms with Crippen molar-refractivity contribution < 1.29 is 14.3 Å². The van der Waals surface area contributed by atoms with Crippen LogP contribution in [0, 0.1) is 5.92 Å². The van der Waals surface area contributed by atoms with Crippen LogP contribution in [-0.4, -0.2) is 48.0 Å². The van der Waals surface area contributed by atoms with Gasteiger partial charge < -0.3 is 9.47 Å². The zero-order valence-electron chi connectivity index (χ0n) is 16.1. The molecule has 0 bridgehead atoms. The molecule has 1 saturated heterocycles. The van der Waals surface area contributed by atoms with Gasteiger partial charge in [-0.05, 0) is 49.1 Å². The van der Waals surface area contributed by atoms with E-state index in [-0.39, 0.29) is 5.97 Å². The lowest BCUT2D eigenvalue weighted by Gasteiger charge is -2.16. The molecule has 2 heterocycles. The summed E-state index contributed by atoms with van der Waals surface area (Å²) in [6, 6.07) is 5.49. The van der Waals surface area contributed by atoms with E-state index in [9.17, 15) is 4.79 Å². The van der Waals surface area contributed by atoms with Crippen LogP contribution in [0.15, 0.2) is 43.2 Å². The summed E-state index contributed by atoms with van der Waals surface area (Å²) in [4.78, 5) is 14.3. The van der Waals surface area contributed by atoms with Crippen molar-refractivity contribution in [3.63, 3.8) is 0 Å². The van der Waals surface area contributed by atoms with Crippen molar-refractivity contribution in [2.75, 3.05) is 27.3 Å². The lowest BCUT2D eigenvalue weighted by Crippen LogP contribution is -2.20. The van der Waals surface area contributed by atoms with E-state index in [1.165, 1.54) is 12.7 Å². The summed E-state index contributed by atoms with van der Waals surface area (Å²) in [5, 5.41) is 4.35. The molecular weight excluding hydrogens is 342 g/mol. The summed E-state index contributed by atoms with van der Waals surface area (Å²) < 4.78 is 12.2. The van der Waals surface area contributed by atoms with Crippen LogP contribution in [-0.2, 0) is 24.2 Å². The molecule has 1 aromatic heterocycles. The van der Waals surface area contributed by atoms with Crippen molar-refractivity contribution in [3.05, 3.63) is 59.9 Å². The summed E-state index contributed by atoms with van der Waals surface area (Å²) in [5.41, 5.74) is 2.85. The maximum atomic E-state index is 11.8. The zero-order chi connectivity index (χ0) is 19.2. The second kappa shape index (κ2) is 8.86. The highest BCUT2D eigenvalue weighted by atomic mass is 16.5. The quantitative estimate of drug-likeness (QED) is 0.529. The molecule has 0 saturated carbocycles. The van der Waals surface area contributed by atoms with Crippen molar-refractivity contribution in [2.45, 2.75) is 25.9 Å². The van der Waals surface area contributed by atoms with Gasteiger partial charge in [0.05, 0.1) is 32.5 Å². The van der Waals surface area contributed by atoms with E-state index < -0.39 is 0 Å². The summed E-state index contributed by atoms with van der Waals surface area (Å²) in [5.74, 6) is 1.05. The Balaban J connectivity index is 1.61. The lowest BCUT2D eigenvalue weighted by atomic mass is 9.96. The van der Waals surface area contributed by atoms with Gasteiger partial charge in [-0.3, -0.25) is 9.58 Å². The number of carbonyl (C=O) groups is 1. The normalized spacial score (nSPS) is 17.0. The molecule has 1 aliphatic rings. The van der Waals surface area contributed by atoms with E-state index in [1.54, 1.807) is 13.2 Å². The SMILES string of the molecule is C=CCn1cc(CN2CCC(Cc3cc(C(=O)OC)ccc3OC)C2)cn1. The predicted molar refractivity (Wildman–Crippen MR) is 104 cm³/mol. The lowest BCUT2D eigenvalue weighted by molar-refractivity contribution is 0.0600. The number of hydrogen-bond acceptors (Lipinski definition) is 5. The third-order valence-corrected chi connectivity index (χ3v) is 4.99. The third kappa shape index (κ3) is 4.77. The predicted octanol–water partition coefficient (Wildman–Crippen LogP) is 2.93. The van der Waals surface area contributed by atoms with Crippen molar-refractivity contribution >= 4 is 5.97 Å². The second-order valence-electron chi connectivity index (χ2n) is 6.97. The molecule has 0 radical (unpaired) electrons. The summed E-state index contributed by atoms with van der Waals surface area (Å²) in [6.07, 6.45) is 7.88. The molecular formula is C21H27N3O3. The topological polar surface area (TPSA) is 56.6 Å². The number of carbonyl (C=O) groups excluding carboxylic acids is 1. The van der Waals surface area contributed by atoms with Crippen LogP contribution in [0.25, 0.3) is 0 Å². The van der Waals surface area contributed by atoms with Gasteiger partial charge >= 0.3 is 5.97 Å². The summed E-state index contributed by atoms with van der Waals surface area (Å²) in [6.45, 7) is 7.48. The standard InChI is InChI=1S/C21H27N3O3/c1-4-8-24-15-17(12-22-24)14-23-9-7-16(13-23)10-19-11-18(21(25)27-3)5-6-20(19)26-2/h4-6,11-12,15-16H,1,7-10,13-14H2,2-3H3. The number of ether oxygens (including phenoxy) is 2. The first-order chi connectivity index (χ1) is 13.1. The van der Waals surface area contributed by atoms with E-state index in [4.69, 9.17) is 9.47 Å². The van der Waals surface area contributed by atoms with Crippen LogP contribution >= 0.6 is 0 Å². The second-order valence-corrected chi connectivity index (χ2v) is 6.97. The summed E-state index contributed by atoms with van der Waals surface area (Å²) >= 11 is 0. The highest BCUT2D eigenvalue weighted by Gasteiger charge is 2.24. The molecule has 1 aliphatic heterocycles. The molecule has 0 spiro atoms. The van der Waals surface area contributed by atoms with Crippen LogP contribution in [0.1, 0.15) is 27.9 Å². The molecule has 3 rings (SSSR count). The van der Waals surface area contributed by atoms with Gasteiger partial charge in [-0.15, -0.1) is 6.58 Å². The molecule has 6 heteroatoms. The molecule has 1 atom stereocenters. The largest absolute Gasteiger partial charge is 0.496 e. The average Bonchev–Trinajstić information content (AvgIpc) is 3.31. The molecule has 1 aromatic carbocycles. The van der Waals surface area contributed by atoms with Gasteiger partial charge in [0.25, 0.3) is 0 Å². The fourth-order valence-corrected chi connectivity index (χ4v) is 3.70. The van der Waals surface area contributed by atoms with Crippen molar-refractivity contribution in [1.29, 1.82) is 0 Å². The van der Waals surface area contributed by atoms with Crippen LogP contribution < -0.4 is 4.74 Å². The Bertz CT molecular complexity index is 800. The molecule has 0 aliphatic carbocycles. The highest BCUT2D eigenvalue weighted by molar-refractivity contribution is 5.89. The summed E-state index contributed by atoms with van der Waals surface area (Å²) in [7, 11) is 3.07. The van der Waals surface area contributed by atoms with E-state index in [0.29, 0.717) is 11.5 Å². The first-order valence-electron chi connectivity index (χ1n) is 9.22. The number of rotatable bonds is 8. The first-order valence-corrected chi connectivity index (χ1v) is 9.22. The zero-order valence-corrected chi connectivity index (χ0v) is 16.1. The number of methoxy groups -OCH3 is 2. The van der Waals surface area contributed by atoms with Crippen LogP contribution in [0.5, 0.6) is 5.75 Å². The smallest absolute Gasteiger partial charge is 0.337 e. The van der Waals surface area contributed by atoms with Crippen LogP contribution in [0.4, 0.5) is 0 Å². The Morgan fingerprint density at radius 3 is 3.00 bits per heavy atom. The van der Waals surface area contributed by atoms with Crippen LogP contribution in [0.3, 0.4) is 0 Å². The maximum absolute atomic E-state index is 11.8. The van der Waals surface area contributed by atoms with E-state index in [0.717, 1.165) is 50.3 Å². The molecule has 1 fully saturated rings. The molecule has 1 unspecified atom stereocenters. The Hall–Kier alpha value is -2.60. The third-order valence-electron chi connectivity index (χ3n) is 4.99. The van der Waals surface area contributed by atoms with E-state index in [1.807, 2.05) is 29.1 Å². The van der Waals surface area contributed by atoms with Gasteiger partial charge in [0.1, 0.15) is 5.75 Å². The van der Waals surface area contributed by atoms with Gasteiger partial charge in [-0.2, -0.15) is 5.10 Å². The number of aromatic nitrogens is 2. The first kappa shape index (κ1) is 19.2. The fourth-order valence-electron chi connectivity index (χ4n) is 3.70. The van der Waals surface area contributed by atoms with Crippen molar-refractivity contribution in [2.24, 2.45) is 5.92 Å². The fraction of sp³-hybridized carbons (Fsp3) is 0.429. The van der Waals surface area contributed by atoms with Gasteiger partial charge in [-0.1, -0.05) is 6.08 Å². The Morgan fingerprint density at radius 2 is 2.26 bits per heavy atom. The van der Waals surface area contributed by atoms with Gasteiger partial charge in [-0.25, -0.2) is 4.79 Å². The van der Waals surface area contributed by atoms with Gasteiger partial charge in [0, 0.05) is 24.8 Å².